The lowest BCUT2D eigenvalue weighted by molar-refractivity contribution is -0.120. The number of carbonyl (C=O) groups is 1. The van der Waals surface area contributed by atoms with Gasteiger partial charge in [-0.3, -0.25) is 4.79 Å². The normalized spacial score (nSPS) is 21.2. The third-order valence-corrected chi connectivity index (χ3v) is 5.61. The van der Waals surface area contributed by atoms with Crippen LogP contribution in [0.1, 0.15) is 36.5 Å². The van der Waals surface area contributed by atoms with E-state index in [2.05, 4.69) is 20.8 Å². The van der Waals surface area contributed by atoms with Gasteiger partial charge in [0.05, 0.1) is 12.6 Å². The largest absolute Gasteiger partial charge is 0.376 e. The first-order chi connectivity index (χ1) is 12.3. The number of carbonyl (C=O) groups excluding carboxylic acids is 1. The van der Waals surface area contributed by atoms with E-state index in [1.165, 1.54) is 11.8 Å². The van der Waals surface area contributed by atoms with Gasteiger partial charge in [0, 0.05) is 12.6 Å². The summed E-state index contributed by atoms with van der Waals surface area (Å²) in [5.41, 5.74) is 0.956. The first kappa shape index (κ1) is 16.5. The number of amides is 1. The molecule has 1 aromatic carbocycles. The molecule has 1 aromatic heterocycles. The molecule has 1 amide bonds. The van der Waals surface area contributed by atoms with E-state index in [1.807, 2.05) is 30.3 Å². The molecule has 2 fully saturated rings. The summed E-state index contributed by atoms with van der Waals surface area (Å²) in [6.07, 6.45) is 4.38. The molecule has 132 valence electrons. The molecule has 2 aliphatic rings. The van der Waals surface area contributed by atoms with Crippen LogP contribution in [0.5, 0.6) is 0 Å². The lowest BCUT2D eigenvalue weighted by atomic mass is 10.1. The van der Waals surface area contributed by atoms with Gasteiger partial charge in [-0.05, 0) is 41.7 Å². The third kappa shape index (κ3) is 4.19. The second kappa shape index (κ2) is 7.53. The maximum atomic E-state index is 12.7. The van der Waals surface area contributed by atoms with Gasteiger partial charge in [-0.1, -0.05) is 42.1 Å². The first-order valence-corrected chi connectivity index (χ1v) is 9.57. The van der Waals surface area contributed by atoms with Gasteiger partial charge in [-0.25, -0.2) is 4.68 Å². The van der Waals surface area contributed by atoms with Crippen molar-refractivity contribution >= 4 is 17.7 Å². The van der Waals surface area contributed by atoms with Crippen LogP contribution in [0.2, 0.25) is 0 Å². The van der Waals surface area contributed by atoms with Crippen molar-refractivity contribution in [3.05, 3.63) is 35.9 Å². The zero-order valence-electron chi connectivity index (χ0n) is 13.9. The zero-order chi connectivity index (χ0) is 17.1. The van der Waals surface area contributed by atoms with Crippen LogP contribution < -0.4 is 5.32 Å². The average Bonchev–Trinajstić information content (AvgIpc) is 3.11. The Bertz CT molecular complexity index is 713. The number of nitrogens with one attached hydrogen (secondary N) is 1. The molecule has 7 nitrogen and oxygen atoms in total. The Morgan fingerprint density at radius 3 is 2.88 bits per heavy atom. The molecule has 4 rings (SSSR count). The minimum Gasteiger partial charge on any atom is -0.376 e. The van der Waals surface area contributed by atoms with E-state index in [0.29, 0.717) is 17.7 Å². The monoisotopic (exact) mass is 359 g/mol. The summed E-state index contributed by atoms with van der Waals surface area (Å²) in [5.74, 6) is 0.0189. The van der Waals surface area contributed by atoms with Gasteiger partial charge in [0.1, 0.15) is 5.25 Å². The van der Waals surface area contributed by atoms with Gasteiger partial charge in [-0.2, -0.15) is 0 Å². The quantitative estimate of drug-likeness (QED) is 0.761. The van der Waals surface area contributed by atoms with Crippen molar-refractivity contribution in [2.24, 2.45) is 0 Å². The summed E-state index contributed by atoms with van der Waals surface area (Å²) < 4.78 is 7.43. The van der Waals surface area contributed by atoms with E-state index in [1.54, 1.807) is 4.68 Å². The number of tetrazole rings is 1. The smallest absolute Gasteiger partial charge is 0.238 e. The number of hydrogen-bond donors (Lipinski definition) is 1. The molecule has 2 atom stereocenters. The Labute approximate surface area is 150 Å². The van der Waals surface area contributed by atoms with Crippen LogP contribution in [0.15, 0.2) is 35.5 Å². The molecule has 0 bridgehead atoms. The molecule has 1 saturated heterocycles. The molecule has 25 heavy (non-hydrogen) atoms. The third-order valence-electron chi connectivity index (χ3n) is 4.39. The summed E-state index contributed by atoms with van der Waals surface area (Å²) in [5, 5.41) is 15.4. The SMILES string of the molecule is O=C(NC1CC1)[C@H](Sc1nnnn1C[C@@H]1CCCO1)c1ccccc1. The molecular formula is C17H21N5O2S. The van der Waals surface area contributed by atoms with Crippen LogP contribution in [0.25, 0.3) is 0 Å². The van der Waals surface area contributed by atoms with Gasteiger partial charge in [0.25, 0.3) is 0 Å². The molecule has 0 radical (unpaired) electrons. The van der Waals surface area contributed by atoms with Crippen LogP contribution in [-0.4, -0.2) is 44.9 Å². The number of hydrogen-bond acceptors (Lipinski definition) is 6. The van der Waals surface area contributed by atoms with Crippen molar-refractivity contribution < 1.29 is 9.53 Å². The molecule has 0 unspecified atom stereocenters. The fraction of sp³-hybridized carbons (Fsp3) is 0.529. The molecule has 2 heterocycles. The van der Waals surface area contributed by atoms with Crippen molar-refractivity contribution in [3.8, 4) is 0 Å². The molecular weight excluding hydrogens is 338 g/mol. The molecule has 1 N–H and O–H groups in total. The topological polar surface area (TPSA) is 81.9 Å². The maximum absolute atomic E-state index is 12.7. The summed E-state index contributed by atoms with van der Waals surface area (Å²) >= 11 is 1.40. The van der Waals surface area contributed by atoms with Crippen LogP contribution in [0, 0.1) is 0 Å². The fourth-order valence-corrected chi connectivity index (χ4v) is 3.88. The van der Waals surface area contributed by atoms with Crippen molar-refractivity contribution in [2.45, 2.75) is 54.8 Å². The van der Waals surface area contributed by atoms with Gasteiger partial charge in [-0.15, -0.1) is 5.10 Å². The van der Waals surface area contributed by atoms with Gasteiger partial charge < -0.3 is 10.1 Å². The Morgan fingerprint density at radius 2 is 2.16 bits per heavy atom. The van der Waals surface area contributed by atoms with Crippen molar-refractivity contribution in [1.82, 2.24) is 25.5 Å². The average molecular weight is 359 g/mol. The maximum Gasteiger partial charge on any atom is 0.238 e. The molecule has 2 aromatic rings. The van der Waals surface area contributed by atoms with Crippen molar-refractivity contribution in [2.75, 3.05) is 6.61 Å². The Hall–Kier alpha value is -1.93. The summed E-state index contributed by atoms with van der Waals surface area (Å²) in [7, 11) is 0. The highest BCUT2D eigenvalue weighted by atomic mass is 32.2. The minimum atomic E-state index is -0.365. The second-order valence-electron chi connectivity index (χ2n) is 6.47. The fourth-order valence-electron chi connectivity index (χ4n) is 2.89. The first-order valence-electron chi connectivity index (χ1n) is 8.69. The Kier molecular flexibility index (Phi) is 4.98. The van der Waals surface area contributed by atoms with E-state index in [0.717, 1.165) is 37.9 Å². The highest BCUT2D eigenvalue weighted by molar-refractivity contribution is 8.00. The number of nitrogens with zero attached hydrogens (tertiary/aromatic N) is 4. The summed E-state index contributed by atoms with van der Waals surface area (Å²) in [4.78, 5) is 12.7. The number of aromatic nitrogens is 4. The highest BCUT2D eigenvalue weighted by Gasteiger charge is 2.30. The molecule has 0 spiro atoms. The van der Waals surface area contributed by atoms with Crippen LogP contribution >= 0.6 is 11.8 Å². The zero-order valence-corrected chi connectivity index (χ0v) is 14.7. The molecule has 1 aliphatic carbocycles. The van der Waals surface area contributed by atoms with Gasteiger partial charge in [0.2, 0.25) is 11.1 Å². The van der Waals surface area contributed by atoms with Crippen molar-refractivity contribution in [1.29, 1.82) is 0 Å². The summed E-state index contributed by atoms with van der Waals surface area (Å²) in [6, 6.07) is 10.1. The Morgan fingerprint density at radius 1 is 1.32 bits per heavy atom. The molecule has 1 aliphatic heterocycles. The number of ether oxygens (including phenoxy) is 1. The summed E-state index contributed by atoms with van der Waals surface area (Å²) in [6.45, 7) is 1.42. The lowest BCUT2D eigenvalue weighted by Crippen LogP contribution is -2.30. The predicted molar refractivity (Wildman–Crippen MR) is 93.0 cm³/mol. The predicted octanol–water partition coefficient (Wildman–Crippen LogP) is 1.96. The van der Waals surface area contributed by atoms with Gasteiger partial charge >= 0.3 is 0 Å². The highest BCUT2D eigenvalue weighted by Crippen LogP contribution is 2.35. The standard InChI is InChI=1S/C17H21N5O2S/c23-16(18-13-8-9-13)15(12-5-2-1-3-6-12)25-17-19-20-21-22(17)11-14-7-4-10-24-14/h1-3,5-6,13-15H,4,7-11H2,(H,18,23)/t14-,15+/m0/s1. The van der Waals surface area contributed by atoms with E-state index in [4.69, 9.17) is 4.74 Å². The van der Waals surface area contributed by atoms with E-state index >= 15 is 0 Å². The van der Waals surface area contributed by atoms with Crippen molar-refractivity contribution in [3.63, 3.8) is 0 Å². The molecule has 1 saturated carbocycles. The van der Waals surface area contributed by atoms with E-state index in [-0.39, 0.29) is 17.3 Å². The molecule has 8 heteroatoms. The van der Waals surface area contributed by atoms with Crippen LogP contribution in [0.4, 0.5) is 0 Å². The minimum absolute atomic E-state index is 0.0189. The lowest BCUT2D eigenvalue weighted by Gasteiger charge is -2.17. The number of thioether (sulfide) groups is 1. The second-order valence-corrected chi connectivity index (χ2v) is 7.54. The number of benzene rings is 1. The van der Waals surface area contributed by atoms with Crippen LogP contribution in [-0.2, 0) is 16.1 Å². The van der Waals surface area contributed by atoms with Gasteiger partial charge in [0.15, 0.2) is 0 Å². The number of rotatable bonds is 7. The van der Waals surface area contributed by atoms with Crippen LogP contribution in [0.3, 0.4) is 0 Å². The Balaban J connectivity index is 1.52. The van der Waals surface area contributed by atoms with E-state index < -0.39 is 0 Å². The van der Waals surface area contributed by atoms with E-state index in [9.17, 15) is 4.79 Å².